The number of nitrogens with zero attached hydrogens (tertiary/aromatic N) is 3. The van der Waals surface area contributed by atoms with E-state index in [4.69, 9.17) is 0 Å². The summed E-state index contributed by atoms with van der Waals surface area (Å²) in [5.41, 5.74) is 2.53. The maximum absolute atomic E-state index is 12.4. The molecule has 2 aromatic heterocycles. The van der Waals surface area contributed by atoms with Crippen LogP contribution in [0.15, 0.2) is 47.5 Å². The number of fused-ring (bicyclic) bond motifs is 1. The molecule has 120 valence electrons. The quantitative estimate of drug-likeness (QED) is 0.775. The molecule has 0 saturated carbocycles. The average molecular weight is 330 g/mol. The molecular weight excluding hydrogens is 312 g/mol. The Bertz CT molecular complexity index is 948. The lowest BCUT2D eigenvalue weighted by atomic mass is 10.2. The Morgan fingerprint density at radius 3 is 2.74 bits per heavy atom. The zero-order valence-corrected chi connectivity index (χ0v) is 13.8. The zero-order chi connectivity index (χ0) is 16.4. The van der Waals surface area contributed by atoms with E-state index in [0.29, 0.717) is 11.3 Å². The molecular formula is C16H18N4O2S. The molecule has 0 bridgehead atoms. The van der Waals surface area contributed by atoms with E-state index in [0.717, 1.165) is 22.6 Å². The highest BCUT2D eigenvalue weighted by Gasteiger charge is 2.16. The number of hydrogen-bond acceptors (Lipinski definition) is 4. The molecule has 0 aliphatic rings. The Balaban J connectivity index is 1.72. The molecule has 0 aliphatic heterocycles. The summed E-state index contributed by atoms with van der Waals surface area (Å²) in [7, 11) is -3.52. The Labute approximate surface area is 135 Å². The molecule has 0 radical (unpaired) electrons. The van der Waals surface area contributed by atoms with Gasteiger partial charge in [0.1, 0.15) is 5.82 Å². The van der Waals surface area contributed by atoms with Gasteiger partial charge in [-0.2, -0.15) is 0 Å². The molecule has 0 atom stereocenters. The number of aromatic nitrogens is 3. The first-order valence-electron chi connectivity index (χ1n) is 7.33. The summed E-state index contributed by atoms with van der Waals surface area (Å²) >= 11 is 0. The first-order chi connectivity index (χ1) is 11.0. The van der Waals surface area contributed by atoms with Crippen LogP contribution in [-0.4, -0.2) is 29.6 Å². The van der Waals surface area contributed by atoms with Gasteiger partial charge in [-0.05, 0) is 37.6 Å². The molecule has 23 heavy (non-hydrogen) atoms. The molecule has 1 N–H and O–H groups in total. The maximum Gasteiger partial charge on any atom is 0.240 e. The van der Waals surface area contributed by atoms with Gasteiger partial charge in [-0.15, -0.1) is 10.2 Å². The van der Waals surface area contributed by atoms with Gasteiger partial charge in [0.25, 0.3) is 0 Å². The van der Waals surface area contributed by atoms with E-state index in [1.165, 1.54) is 0 Å². The molecule has 0 aliphatic carbocycles. The predicted molar refractivity (Wildman–Crippen MR) is 87.8 cm³/mol. The number of hydrogen-bond donors (Lipinski definition) is 1. The Morgan fingerprint density at radius 2 is 1.96 bits per heavy atom. The minimum absolute atomic E-state index is 0.269. The van der Waals surface area contributed by atoms with Crippen molar-refractivity contribution in [2.24, 2.45) is 0 Å². The fourth-order valence-electron chi connectivity index (χ4n) is 2.54. The summed E-state index contributed by atoms with van der Waals surface area (Å²) in [6.07, 6.45) is 2.33. The SMILES string of the molecule is Cc1ccc(S(=O)(=O)NCCc2nnc3ccccn23)c(C)c1. The highest BCUT2D eigenvalue weighted by Crippen LogP contribution is 2.16. The number of aryl methyl sites for hydroxylation is 2. The minimum atomic E-state index is -3.52. The van der Waals surface area contributed by atoms with Crippen LogP contribution in [0.2, 0.25) is 0 Å². The van der Waals surface area contributed by atoms with Crippen molar-refractivity contribution in [1.29, 1.82) is 0 Å². The first kappa shape index (κ1) is 15.6. The molecule has 0 spiro atoms. The minimum Gasteiger partial charge on any atom is -0.286 e. The standard InChI is InChI=1S/C16H18N4O2S/c1-12-6-7-14(13(2)11-12)23(21,22)17-9-8-16-19-18-15-5-3-4-10-20(15)16/h3-7,10-11,17H,8-9H2,1-2H3. The van der Waals surface area contributed by atoms with Crippen LogP contribution in [0.25, 0.3) is 5.65 Å². The van der Waals surface area contributed by atoms with E-state index in [1.54, 1.807) is 19.1 Å². The second kappa shape index (κ2) is 6.10. The molecule has 2 heterocycles. The second-order valence-corrected chi connectivity index (χ2v) is 7.20. The highest BCUT2D eigenvalue weighted by molar-refractivity contribution is 7.89. The van der Waals surface area contributed by atoms with Crippen molar-refractivity contribution in [3.8, 4) is 0 Å². The molecule has 6 nitrogen and oxygen atoms in total. The lowest BCUT2D eigenvalue weighted by Gasteiger charge is -2.09. The second-order valence-electron chi connectivity index (χ2n) is 5.46. The molecule has 0 amide bonds. The van der Waals surface area contributed by atoms with Crippen molar-refractivity contribution >= 4 is 15.7 Å². The van der Waals surface area contributed by atoms with E-state index in [1.807, 2.05) is 41.8 Å². The first-order valence-corrected chi connectivity index (χ1v) is 8.81. The number of sulfonamides is 1. The topological polar surface area (TPSA) is 76.4 Å². The number of benzene rings is 1. The van der Waals surface area contributed by atoms with Gasteiger partial charge < -0.3 is 0 Å². The molecule has 0 fully saturated rings. The third-order valence-corrected chi connectivity index (χ3v) is 5.27. The number of pyridine rings is 1. The summed E-state index contributed by atoms with van der Waals surface area (Å²) in [6, 6.07) is 10.9. The predicted octanol–water partition coefficient (Wildman–Crippen LogP) is 1.87. The Hall–Kier alpha value is -2.25. The van der Waals surface area contributed by atoms with Crippen LogP contribution in [0.1, 0.15) is 17.0 Å². The molecule has 0 saturated heterocycles. The summed E-state index contributed by atoms with van der Waals surface area (Å²) in [5, 5.41) is 8.15. The fraction of sp³-hybridized carbons (Fsp3) is 0.250. The highest BCUT2D eigenvalue weighted by atomic mass is 32.2. The van der Waals surface area contributed by atoms with E-state index in [9.17, 15) is 8.42 Å². The monoisotopic (exact) mass is 330 g/mol. The normalized spacial score (nSPS) is 11.9. The van der Waals surface area contributed by atoms with Gasteiger partial charge in [-0.25, -0.2) is 13.1 Å². The van der Waals surface area contributed by atoms with E-state index in [-0.39, 0.29) is 6.54 Å². The largest absolute Gasteiger partial charge is 0.286 e. The molecule has 1 aromatic carbocycles. The number of rotatable bonds is 5. The molecule has 3 rings (SSSR count). The summed E-state index contributed by atoms with van der Waals surface area (Å²) < 4.78 is 29.3. The van der Waals surface area contributed by atoms with Crippen molar-refractivity contribution in [3.05, 3.63) is 59.5 Å². The van der Waals surface area contributed by atoms with Gasteiger partial charge in [0.2, 0.25) is 10.0 Å². The summed E-state index contributed by atoms with van der Waals surface area (Å²) in [5.74, 6) is 0.726. The van der Waals surface area contributed by atoms with Crippen LogP contribution in [0.5, 0.6) is 0 Å². The van der Waals surface area contributed by atoms with Crippen LogP contribution < -0.4 is 4.72 Å². The summed E-state index contributed by atoms with van der Waals surface area (Å²) in [4.78, 5) is 0.314. The average Bonchev–Trinajstić information content (AvgIpc) is 2.90. The van der Waals surface area contributed by atoms with Crippen LogP contribution in [0, 0.1) is 13.8 Å². The van der Waals surface area contributed by atoms with Gasteiger partial charge in [0.15, 0.2) is 5.65 Å². The lowest BCUT2D eigenvalue weighted by Crippen LogP contribution is -2.27. The third kappa shape index (κ3) is 3.25. The van der Waals surface area contributed by atoms with Gasteiger partial charge in [-0.3, -0.25) is 4.40 Å². The van der Waals surface area contributed by atoms with Crippen LogP contribution >= 0.6 is 0 Å². The van der Waals surface area contributed by atoms with Crippen LogP contribution in [-0.2, 0) is 16.4 Å². The van der Waals surface area contributed by atoms with Gasteiger partial charge in [-0.1, -0.05) is 23.8 Å². The van der Waals surface area contributed by atoms with E-state index in [2.05, 4.69) is 14.9 Å². The van der Waals surface area contributed by atoms with Crippen molar-refractivity contribution in [3.63, 3.8) is 0 Å². The number of nitrogens with one attached hydrogen (secondary N) is 1. The van der Waals surface area contributed by atoms with Gasteiger partial charge in [0.05, 0.1) is 4.90 Å². The van der Waals surface area contributed by atoms with Crippen molar-refractivity contribution in [1.82, 2.24) is 19.3 Å². The Kier molecular flexibility index (Phi) is 4.14. The van der Waals surface area contributed by atoms with Gasteiger partial charge in [0, 0.05) is 19.2 Å². The van der Waals surface area contributed by atoms with Crippen LogP contribution in [0.3, 0.4) is 0 Å². The zero-order valence-electron chi connectivity index (χ0n) is 13.0. The fourth-order valence-corrected chi connectivity index (χ4v) is 3.79. The van der Waals surface area contributed by atoms with Crippen LogP contribution in [0.4, 0.5) is 0 Å². The van der Waals surface area contributed by atoms with Crippen molar-refractivity contribution < 1.29 is 8.42 Å². The van der Waals surface area contributed by atoms with E-state index < -0.39 is 10.0 Å². The van der Waals surface area contributed by atoms with Crippen molar-refractivity contribution in [2.45, 2.75) is 25.2 Å². The van der Waals surface area contributed by atoms with Crippen molar-refractivity contribution in [2.75, 3.05) is 6.54 Å². The maximum atomic E-state index is 12.4. The Morgan fingerprint density at radius 1 is 1.13 bits per heavy atom. The smallest absolute Gasteiger partial charge is 0.240 e. The molecule has 0 unspecified atom stereocenters. The summed E-state index contributed by atoms with van der Waals surface area (Å²) in [6.45, 7) is 4.01. The van der Waals surface area contributed by atoms with E-state index >= 15 is 0 Å². The molecule has 7 heteroatoms. The lowest BCUT2D eigenvalue weighted by molar-refractivity contribution is 0.580. The third-order valence-electron chi connectivity index (χ3n) is 3.64. The molecule has 3 aromatic rings. The van der Waals surface area contributed by atoms with Gasteiger partial charge >= 0.3 is 0 Å².